The third-order valence-electron chi connectivity index (χ3n) is 8.51. The van der Waals surface area contributed by atoms with E-state index in [2.05, 4.69) is 9.97 Å². The van der Waals surface area contributed by atoms with Crippen molar-refractivity contribution >= 4 is 17.8 Å². The van der Waals surface area contributed by atoms with Crippen molar-refractivity contribution in [3.63, 3.8) is 0 Å². The first kappa shape index (κ1) is 27.3. The van der Waals surface area contributed by atoms with Gasteiger partial charge in [-0.1, -0.05) is 19.1 Å². The van der Waals surface area contributed by atoms with Crippen LogP contribution in [0.15, 0.2) is 36.7 Å². The summed E-state index contributed by atoms with van der Waals surface area (Å²) in [5.41, 5.74) is -0.235. The molecular formula is C28H33F4N5O2. The minimum atomic E-state index is -4.52. The Kier molecular flexibility index (Phi) is 7.28. The summed E-state index contributed by atoms with van der Waals surface area (Å²) in [6.07, 6.45) is 0.122. The van der Waals surface area contributed by atoms with Crippen LogP contribution in [-0.2, 0) is 15.8 Å². The molecular weight excluding hydrogens is 514 g/mol. The Morgan fingerprint density at radius 3 is 2.21 bits per heavy atom. The number of piperidine rings is 1. The smallest absolute Gasteiger partial charge is 0.344 e. The average Bonchev–Trinajstić information content (AvgIpc) is 3.54. The van der Waals surface area contributed by atoms with Crippen molar-refractivity contribution in [2.45, 2.75) is 44.7 Å². The molecule has 1 aliphatic carbocycles. The number of anilines is 1. The molecule has 1 unspecified atom stereocenters. The molecule has 1 aromatic heterocycles. The number of alkyl halides is 3. The first-order chi connectivity index (χ1) is 18.4. The Bertz CT molecular complexity index is 1190. The lowest BCUT2D eigenvalue weighted by Crippen LogP contribution is -2.46. The van der Waals surface area contributed by atoms with Gasteiger partial charge in [-0.15, -0.1) is 0 Å². The van der Waals surface area contributed by atoms with Gasteiger partial charge in [0.25, 0.3) is 0 Å². The third-order valence-corrected chi connectivity index (χ3v) is 8.51. The zero-order valence-electron chi connectivity index (χ0n) is 22.1. The molecule has 210 valence electrons. The monoisotopic (exact) mass is 547 g/mol. The summed E-state index contributed by atoms with van der Waals surface area (Å²) < 4.78 is 52.4. The number of likely N-dealkylation sites (tertiary alicyclic amines) is 2. The van der Waals surface area contributed by atoms with Crippen LogP contribution in [0.25, 0.3) is 0 Å². The molecule has 39 heavy (non-hydrogen) atoms. The van der Waals surface area contributed by atoms with Crippen molar-refractivity contribution in [3.05, 3.63) is 53.6 Å². The molecule has 0 radical (unpaired) electrons. The van der Waals surface area contributed by atoms with E-state index < -0.39 is 11.7 Å². The highest BCUT2D eigenvalue weighted by atomic mass is 19.4. The highest BCUT2D eigenvalue weighted by molar-refractivity contribution is 5.85. The van der Waals surface area contributed by atoms with E-state index in [9.17, 15) is 27.2 Å². The number of carbonyl (C=O) groups excluding carboxylic acids is 2. The molecule has 0 spiro atoms. The molecule has 2 amide bonds. The second kappa shape index (κ2) is 10.4. The largest absolute Gasteiger partial charge is 0.419 e. The van der Waals surface area contributed by atoms with Crippen molar-refractivity contribution in [2.75, 3.05) is 44.7 Å². The van der Waals surface area contributed by atoms with E-state index in [1.165, 1.54) is 12.1 Å². The zero-order chi connectivity index (χ0) is 27.9. The Balaban J connectivity index is 1.27. The molecule has 2 atom stereocenters. The van der Waals surface area contributed by atoms with Crippen molar-refractivity contribution in [2.24, 2.45) is 17.3 Å². The molecule has 11 heteroatoms. The highest BCUT2D eigenvalue weighted by Crippen LogP contribution is 2.47. The van der Waals surface area contributed by atoms with Gasteiger partial charge in [0, 0.05) is 75.3 Å². The van der Waals surface area contributed by atoms with Gasteiger partial charge in [0.1, 0.15) is 5.82 Å². The van der Waals surface area contributed by atoms with E-state index in [-0.39, 0.29) is 46.7 Å². The summed E-state index contributed by atoms with van der Waals surface area (Å²) in [6, 6.07) is 6.23. The molecule has 5 rings (SSSR count). The van der Waals surface area contributed by atoms with Crippen LogP contribution in [0.4, 0.5) is 23.5 Å². The zero-order valence-corrected chi connectivity index (χ0v) is 22.1. The van der Waals surface area contributed by atoms with Crippen LogP contribution in [0.3, 0.4) is 0 Å². The van der Waals surface area contributed by atoms with Gasteiger partial charge in [-0.2, -0.15) is 13.2 Å². The van der Waals surface area contributed by atoms with Crippen LogP contribution in [0, 0.1) is 23.1 Å². The van der Waals surface area contributed by atoms with Crippen molar-refractivity contribution in [1.82, 2.24) is 19.8 Å². The fourth-order valence-electron chi connectivity index (χ4n) is 5.79. The van der Waals surface area contributed by atoms with E-state index in [0.717, 1.165) is 30.8 Å². The molecule has 1 aromatic carbocycles. The van der Waals surface area contributed by atoms with Crippen LogP contribution in [0.1, 0.15) is 49.7 Å². The van der Waals surface area contributed by atoms with Gasteiger partial charge in [0.15, 0.2) is 0 Å². The lowest BCUT2D eigenvalue weighted by molar-refractivity contribution is -0.142. The standard InChI is InChI=1S/C28H33F4N5O2/c1-27(9-10-27)25(39)36-11-7-19(8-12-36)24(38)37-16-20(23(17-37)18-3-5-22(29)6-4-18)15-35(2)26-33-13-21(14-34-26)28(30,31)32/h3-6,13-14,19-20,23H,7-12,15-17H2,1-2H3/t20?,23-/m1/s1. The summed E-state index contributed by atoms with van der Waals surface area (Å²) >= 11 is 0. The number of carbonyl (C=O) groups is 2. The minimum absolute atomic E-state index is 0.0581. The quantitative estimate of drug-likeness (QED) is 0.503. The summed E-state index contributed by atoms with van der Waals surface area (Å²) in [5, 5.41) is 0. The van der Waals surface area contributed by atoms with Crippen LogP contribution >= 0.6 is 0 Å². The molecule has 1 saturated carbocycles. The summed E-state index contributed by atoms with van der Waals surface area (Å²) in [6.45, 7) is 4.49. The first-order valence-electron chi connectivity index (χ1n) is 13.4. The number of aromatic nitrogens is 2. The Morgan fingerprint density at radius 2 is 1.64 bits per heavy atom. The topological polar surface area (TPSA) is 69.6 Å². The molecule has 3 aliphatic rings. The second-order valence-electron chi connectivity index (χ2n) is 11.4. The van der Waals surface area contributed by atoms with Gasteiger partial charge >= 0.3 is 6.18 Å². The molecule has 7 nitrogen and oxygen atoms in total. The van der Waals surface area contributed by atoms with E-state index in [1.54, 1.807) is 24.1 Å². The third kappa shape index (κ3) is 5.86. The van der Waals surface area contributed by atoms with Crippen LogP contribution in [0.5, 0.6) is 0 Å². The van der Waals surface area contributed by atoms with E-state index in [1.807, 2.05) is 16.7 Å². The number of rotatable bonds is 6. The van der Waals surface area contributed by atoms with Gasteiger partial charge < -0.3 is 14.7 Å². The number of amides is 2. The molecule has 0 bridgehead atoms. The van der Waals surface area contributed by atoms with Crippen molar-refractivity contribution in [3.8, 4) is 0 Å². The first-order valence-corrected chi connectivity index (χ1v) is 13.4. The number of nitrogens with zero attached hydrogens (tertiary/aromatic N) is 5. The Labute approximate surface area is 225 Å². The minimum Gasteiger partial charge on any atom is -0.344 e. The molecule has 3 fully saturated rings. The van der Waals surface area contributed by atoms with Gasteiger partial charge in [-0.25, -0.2) is 14.4 Å². The van der Waals surface area contributed by atoms with Crippen molar-refractivity contribution in [1.29, 1.82) is 0 Å². The fraction of sp³-hybridized carbons (Fsp3) is 0.571. The Hall–Kier alpha value is -3.24. The van der Waals surface area contributed by atoms with Crippen LogP contribution in [-0.4, -0.2) is 71.4 Å². The Morgan fingerprint density at radius 1 is 1.03 bits per heavy atom. The van der Waals surface area contributed by atoms with Gasteiger partial charge in [0.05, 0.1) is 5.56 Å². The SMILES string of the molecule is CN(CC1CN(C(=O)C2CCN(C(=O)C3(C)CC3)CC2)C[C@@H]1c1ccc(F)cc1)c1ncc(C(F)(F)F)cn1. The van der Waals surface area contributed by atoms with E-state index in [0.29, 0.717) is 45.6 Å². The average molecular weight is 548 g/mol. The maximum atomic E-state index is 13.6. The summed E-state index contributed by atoms with van der Waals surface area (Å²) in [5.74, 6) is -0.244. The molecule has 2 aliphatic heterocycles. The van der Waals surface area contributed by atoms with Gasteiger partial charge in [0.2, 0.25) is 17.8 Å². The molecule has 3 heterocycles. The van der Waals surface area contributed by atoms with Crippen LogP contribution < -0.4 is 4.90 Å². The fourth-order valence-corrected chi connectivity index (χ4v) is 5.79. The highest BCUT2D eigenvalue weighted by Gasteiger charge is 2.48. The van der Waals surface area contributed by atoms with Crippen molar-refractivity contribution < 1.29 is 27.2 Å². The number of hydrogen-bond acceptors (Lipinski definition) is 5. The molecule has 2 aromatic rings. The molecule has 0 N–H and O–H groups in total. The normalized spacial score (nSPS) is 23.1. The number of halogens is 4. The second-order valence-corrected chi connectivity index (χ2v) is 11.4. The lowest BCUT2D eigenvalue weighted by atomic mass is 9.88. The van der Waals surface area contributed by atoms with E-state index >= 15 is 0 Å². The molecule has 2 saturated heterocycles. The number of benzene rings is 1. The maximum Gasteiger partial charge on any atom is 0.419 e. The van der Waals surface area contributed by atoms with Gasteiger partial charge in [-0.05, 0) is 43.4 Å². The summed E-state index contributed by atoms with van der Waals surface area (Å²) in [7, 11) is 1.71. The van der Waals surface area contributed by atoms with Gasteiger partial charge in [-0.3, -0.25) is 9.59 Å². The maximum absolute atomic E-state index is 13.6. The number of hydrogen-bond donors (Lipinski definition) is 0. The predicted molar refractivity (Wildman–Crippen MR) is 136 cm³/mol. The predicted octanol–water partition coefficient (Wildman–Crippen LogP) is 4.35. The summed E-state index contributed by atoms with van der Waals surface area (Å²) in [4.78, 5) is 39.5. The van der Waals surface area contributed by atoms with Crippen LogP contribution in [0.2, 0.25) is 0 Å². The van der Waals surface area contributed by atoms with E-state index in [4.69, 9.17) is 0 Å². The lowest BCUT2D eigenvalue weighted by Gasteiger charge is -2.34.